The van der Waals surface area contributed by atoms with Crippen LogP contribution in [0.25, 0.3) is 22.3 Å². The molecule has 0 radical (unpaired) electrons. The number of para-hydroxylation sites is 2. The molecule has 0 unspecified atom stereocenters. The van der Waals surface area contributed by atoms with Gasteiger partial charge in [-0.2, -0.15) is 0 Å². The van der Waals surface area contributed by atoms with Crippen molar-refractivity contribution in [1.29, 1.82) is 5.41 Å². The van der Waals surface area contributed by atoms with Crippen LogP contribution in [0.4, 0.5) is 0 Å². The molecule has 31 heavy (non-hydrogen) atoms. The average molecular weight is 415 g/mol. The molecule has 2 aromatic carbocycles. The lowest BCUT2D eigenvalue weighted by Gasteiger charge is -2.13. The Hall–Kier alpha value is -3.74. The Morgan fingerprint density at radius 1 is 1.10 bits per heavy atom. The van der Waals surface area contributed by atoms with Crippen molar-refractivity contribution in [2.45, 2.75) is 32.2 Å². The van der Waals surface area contributed by atoms with E-state index >= 15 is 0 Å². The second-order valence-electron chi connectivity index (χ2n) is 7.67. The zero-order valence-corrected chi connectivity index (χ0v) is 17.6. The van der Waals surface area contributed by atoms with Crippen LogP contribution >= 0.6 is 0 Å². The van der Waals surface area contributed by atoms with Gasteiger partial charge in [-0.1, -0.05) is 36.8 Å². The highest BCUT2D eigenvalue weighted by Crippen LogP contribution is 2.19. The van der Waals surface area contributed by atoms with Crippen LogP contribution in [-0.2, 0) is 20.0 Å². The Balaban J connectivity index is 1.59. The zero-order chi connectivity index (χ0) is 21.8. The van der Waals surface area contributed by atoms with Crippen molar-refractivity contribution in [2.24, 2.45) is 12.8 Å². The number of unbranched alkanes of at least 4 members (excludes halogenated alkanes) is 2. The standard InChI is InChI=1S/C24H26N6O/c1-29-15-13-27-21(29)12-3-2-6-14-30-20-11-5-4-10-19(20)28-22(24(30)31)17-8-7-9-18(16-17)23(25)26/h4-5,7-11,13,15-16H,2-3,6,12,14H2,1H3,(H3,25,26). The number of benzene rings is 2. The van der Waals surface area contributed by atoms with Crippen LogP contribution in [0.15, 0.2) is 65.7 Å². The molecule has 0 bridgehead atoms. The van der Waals surface area contributed by atoms with Gasteiger partial charge in [-0.05, 0) is 31.0 Å². The lowest BCUT2D eigenvalue weighted by Crippen LogP contribution is -2.24. The van der Waals surface area contributed by atoms with E-state index in [2.05, 4.69) is 9.97 Å². The van der Waals surface area contributed by atoms with E-state index in [1.165, 1.54) is 0 Å². The molecule has 0 saturated heterocycles. The second-order valence-corrected chi connectivity index (χ2v) is 7.67. The van der Waals surface area contributed by atoms with Gasteiger partial charge >= 0.3 is 0 Å². The summed E-state index contributed by atoms with van der Waals surface area (Å²) in [6.45, 7) is 0.627. The normalized spacial score (nSPS) is 11.1. The van der Waals surface area contributed by atoms with Crippen molar-refractivity contribution in [3.63, 3.8) is 0 Å². The Kier molecular flexibility index (Phi) is 5.93. The van der Waals surface area contributed by atoms with Gasteiger partial charge in [0.2, 0.25) is 0 Å². The smallest absolute Gasteiger partial charge is 0.277 e. The summed E-state index contributed by atoms with van der Waals surface area (Å²) in [6.07, 6.45) is 7.63. The van der Waals surface area contributed by atoms with E-state index < -0.39 is 0 Å². The van der Waals surface area contributed by atoms with Gasteiger partial charge in [0.15, 0.2) is 0 Å². The van der Waals surface area contributed by atoms with Gasteiger partial charge in [0.25, 0.3) is 5.56 Å². The summed E-state index contributed by atoms with van der Waals surface area (Å²) in [5.41, 5.74) is 8.76. The fourth-order valence-electron chi connectivity index (χ4n) is 3.80. The van der Waals surface area contributed by atoms with Crippen LogP contribution < -0.4 is 11.3 Å². The number of amidine groups is 1. The van der Waals surface area contributed by atoms with Crippen molar-refractivity contribution in [1.82, 2.24) is 19.1 Å². The van der Waals surface area contributed by atoms with Gasteiger partial charge in [-0.15, -0.1) is 0 Å². The molecule has 0 saturated carbocycles. The third-order valence-corrected chi connectivity index (χ3v) is 5.50. The first-order chi connectivity index (χ1) is 15.0. The van der Waals surface area contributed by atoms with Gasteiger partial charge < -0.3 is 14.9 Å². The minimum Gasteiger partial charge on any atom is -0.384 e. The van der Waals surface area contributed by atoms with Crippen LogP contribution in [0.3, 0.4) is 0 Å². The highest BCUT2D eigenvalue weighted by molar-refractivity contribution is 5.96. The lowest BCUT2D eigenvalue weighted by molar-refractivity contribution is 0.577. The molecule has 2 aromatic heterocycles. The van der Waals surface area contributed by atoms with Crippen LogP contribution in [0.1, 0.15) is 30.7 Å². The lowest BCUT2D eigenvalue weighted by atomic mass is 10.1. The number of nitrogens with zero attached hydrogens (tertiary/aromatic N) is 4. The topological polar surface area (TPSA) is 103 Å². The maximum Gasteiger partial charge on any atom is 0.277 e. The Morgan fingerprint density at radius 2 is 1.94 bits per heavy atom. The first-order valence-electron chi connectivity index (χ1n) is 10.4. The van der Waals surface area contributed by atoms with Gasteiger partial charge in [-0.25, -0.2) is 9.97 Å². The van der Waals surface area contributed by atoms with Crippen molar-refractivity contribution in [2.75, 3.05) is 0 Å². The average Bonchev–Trinajstić information content (AvgIpc) is 3.19. The summed E-state index contributed by atoms with van der Waals surface area (Å²) >= 11 is 0. The van der Waals surface area contributed by atoms with Crippen molar-refractivity contribution >= 4 is 16.9 Å². The third kappa shape index (κ3) is 4.40. The summed E-state index contributed by atoms with van der Waals surface area (Å²) in [5, 5.41) is 7.69. The minimum atomic E-state index is -0.122. The fourth-order valence-corrected chi connectivity index (χ4v) is 3.80. The fraction of sp³-hybridized carbons (Fsp3) is 0.250. The van der Waals surface area contributed by atoms with Crippen molar-refractivity contribution in [3.05, 3.63) is 82.7 Å². The number of aromatic nitrogens is 4. The van der Waals surface area contributed by atoms with Gasteiger partial charge in [0.1, 0.15) is 17.4 Å². The number of nitrogen functional groups attached to an aromatic ring is 1. The maximum atomic E-state index is 13.4. The second kappa shape index (κ2) is 8.95. The third-order valence-electron chi connectivity index (χ3n) is 5.50. The van der Waals surface area contributed by atoms with Gasteiger partial charge in [0, 0.05) is 43.5 Å². The summed E-state index contributed by atoms with van der Waals surface area (Å²) < 4.78 is 3.86. The van der Waals surface area contributed by atoms with Crippen LogP contribution in [0.2, 0.25) is 0 Å². The van der Waals surface area contributed by atoms with E-state index in [1.54, 1.807) is 18.2 Å². The molecule has 0 aliphatic heterocycles. The Labute approximate surface area is 180 Å². The maximum absolute atomic E-state index is 13.4. The molecular formula is C24H26N6O. The highest BCUT2D eigenvalue weighted by atomic mass is 16.1. The molecule has 3 N–H and O–H groups in total. The minimum absolute atomic E-state index is 0.0318. The first kappa shape index (κ1) is 20.5. The summed E-state index contributed by atoms with van der Waals surface area (Å²) in [6, 6.07) is 14.8. The molecule has 7 nitrogen and oxygen atoms in total. The number of hydrogen-bond acceptors (Lipinski definition) is 4. The predicted molar refractivity (Wildman–Crippen MR) is 123 cm³/mol. The number of hydrogen-bond donors (Lipinski definition) is 2. The molecule has 7 heteroatoms. The number of nitrogens with two attached hydrogens (primary N) is 1. The van der Waals surface area contributed by atoms with Crippen molar-refractivity contribution < 1.29 is 0 Å². The number of rotatable bonds is 8. The highest BCUT2D eigenvalue weighted by Gasteiger charge is 2.13. The molecule has 0 aliphatic rings. The van der Waals surface area contributed by atoms with E-state index in [9.17, 15) is 4.79 Å². The zero-order valence-electron chi connectivity index (χ0n) is 17.6. The monoisotopic (exact) mass is 414 g/mol. The van der Waals surface area contributed by atoms with E-state index in [0.29, 0.717) is 23.4 Å². The molecule has 0 spiro atoms. The number of imidazole rings is 1. The van der Waals surface area contributed by atoms with Gasteiger partial charge in [-0.3, -0.25) is 10.2 Å². The quantitative estimate of drug-likeness (QED) is 0.262. The molecule has 0 fully saturated rings. The summed E-state index contributed by atoms with van der Waals surface area (Å²) in [7, 11) is 2.01. The number of aryl methyl sites for hydroxylation is 3. The van der Waals surface area contributed by atoms with E-state index in [-0.39, 0.29) is 11.4 Å². The predicted octanol–water partition coefficient (Wildman–Crippen LogP) is 3.49. The Morgan fingerprint density at radius 3 is 2.71 bits per heavy atom. The van der Waals surface area contributed by atoms with E-state index in [4.69, 9.17) is 11.1 Å². The Bertz CT molecular complexity index is 1290. The first-order valence-corrected chi connectivity index (χ1v) is 10.4. The van der Waals surface area contributed by atoms with Crippen LogP contribution in [0.5, 0.6) is 0 Å². The summed E-state index contributed by atoms with van der Waals surface area (Å²) in [5.74, 6) is 1.05. The molecule has 4 aromatic rings. The van der Waals surface area contributed by atoms with E-state index in [0.717, 1.165) is 42.5 Å². The molecule has 0 atom stereocenters. The van der Waals surface area contributed by atoms with Crippen LogP contribution in [-0.4, -0.2) is 24.9 Å². The molecule has 2 heterocycles. The molecule has 4 rings (SSSR count). The largest absolute Gasteiger partial charge is 0.384 e. The SMILES string of the molecule is Cn1ccnc1CCCCCn1c(=O)c(-c2cccc(C(=N)N)c2)nc2ccccc21. The summed E-state index contributed by atoms with van der Waals surface area (Å²) in [4.78, 5) is 22.4. The molecule has 158 valence electrons. The number of fused-ring (bicyclic) bond motifs is 1. The van der Waals surface area contributed by atoms with E-state index in [1.807, 2.05) is 58.9 Å². The van der Waals surface area contributed by atoms with Gasteiger partial charge in [0.05, 0.1) is 11.0 Å². The molecule has 0 amide bonds. The number of nitrogens with one attached hydrogen (secondary N) is 1. The molecular weight excluding hydrogens is 388 g/mol. The van der Waals surface area contributed by atoms with Crippen molar-refractivity contribution in [3.8, 4) is 11.3 Å². The molecule has 0 aliphatic carbocycles. The van der Waals surface area contributed by atoms with Crippen LogP contribution in [0, 0.1) is 5.41 Å².